The molecule has 0 aromatic rings. The van der Waals surface area contributed by atoms with Crippen LogP contribution in [0, 0.1) is 5.92 Å². The number of fused-ring (bicyclic) bond motifs is 3. The third kappa shape index (κ3) is 2.37. The minimum absolute atomic E-state index is 0.0466. The lowest BCUT2D eigenvalue weighted by Gasteiger charge is -2.53. The Balaban J connectivity index is 1.97. The summed E-state index contributed by atoms with van der Waals surface area (Å²) in [5.74, 6) is -1.12. The summed E-state index contributed by atoms with van der Waals surface area (Å²) in [7, 11) is 0. The molecule has 21 heavy (non-hydrogen) atoms. The van der Waals surface area contributed by atoms with Crippen LogP contribution in [0.2, 0.25) is 0 Å². The molecule has 1 saturated carbocycles. The van der Waals surface area contributed by atoms with E-state index in [0.717, 1.165) is 6.42 Å². The standard InChI is InChI=1S/C15H23Br2ClO3/c1-12(2)11(17)7-15(19)14(4,21-12)8-5-10(16)13(3,18)6-9(8)20-15/h8-11,19H,5-7H2,1-4H3. The number of hydrogen-bond donors (Lipinski definition) is 1. The van der Waals surface area contributed by atoms with Gasteiger partial charge in [-0.05, 0) is 40.5 Å². The molecule has 122 valence electrons. The first kappa shape index (κ1) is 17.0. The Labute approximate surface area is 148 Å². The normalized spacial score (nSPS) is 59.4. The number of halogens is 3. The summed E-state index contributed by atoms with van der Waals surface area (Å²) in [6.45, 7) is 8.14. The summed E-state index contributed by atoms with van der Waals surface area (Å²) >= 11 is 14.0. The van der Waals surface area contributed by atoms with Crippen LogP contribution in [0.3, 0.4) is 0 Å². The fraction of sp³-hybridized carbons (Fsp3) is 1.00. The topological polar surface area (TPSA) is 38.7 Å². The minimum Gasteiger partial charge on any atom is -0.363 e. The van der Waals surface area contributed by atoms with E-state index in [4.69, 9.17) is 21.1 Å². The summed E-state index contributed by atoms with van der Waals surface area (Å²) < 4.78 is 12.5. The molecule has 0 amide bonds. The van der Waals surface area contributed by atoms with Crippen LogP contribution in [0.1, 0.15) is 47.0 Å². The van der Waals surface area contributed by atoms with Gasteiger partial charge in [0.2, 0.25) is 0 Å². The Morgan fingerprint density at radius 2 is 1.71 bits per heavy atom. The molecule has 7 atom stereocenters. The van der Waals surface area contributed by atoms with E-state index >= 15 is 0 Å². The molecule has 1 aliphatic carbocycles. The molecule has 0 radical (unpaired) electrons. The summed E-state index contributed by atoms with van der Waals surface area (Å²) in [5, 5.41) is 11.1. The highest BCUT2D eigenvalue weighted by Crippen LogP contribution is 2.60. The van der Waals surface area contributed by atoms with E-state index in [0.29, 0.717) is 12.8 Å². The maximum Gasteiger partial charge on any atom is 0.196 e. The molecule has 2 heterocycles. The highest BCUT2D eigenvalue weighted by molar-refractivity contribution is 9.09. The van der Waals surface area contributed by atoms with Crippen LogP contribution in [0.5, 0.6) is 0 Å². The van der Waals surface area contributed by atoms with Crippen molar-refractivity contribution in [3.63, 3.8) is 0 Å². The van der Waals surface area contributed by atoms with E-state index in [1.807, 2.05) is 13.8 Å². The number of hydrogen-bond acceptors (Lipinski definition) is 3. The number of alkyl halides is 3. The summed E-state index contributed by atoms with van der Waals surface area (Å²) in [6, 6.07) is 0. The molecule has 7 unspecified atom stereocenters. The van der Waals surface area contributed by atoms with Crippen LogP contribution in [0.15, 0.2) is 0 Å². The van der Waals surface area contributed by atoms with E-state index in [1.54, 1.807) is 0 Å². The van der Waals surface area contributed by atoms with Crippen molar-refractivity contribution in [1.82, 2.24) is 0 Å². The molecule has 0 spiro atoms. The molecule has 6 heteroatoms. The summed E-state index contributed by atoms with van der Waals surface area (Å²) in [4.78, 5) is -0.125. The fourth-order valence-corrected chi connectivity index (χ4v) is 5.51. The molecular weight excluding hydrogens is 423 g/mol. The molecule has 0 bridgehead atoms. The highest BCUT2D eigenvalue weighted by atomic mass is 79.9. The zero-order chi connectivity index (χ0) is 15.8. The van der Waals surface area contributed by atoms with Crippen molar-refractivity contribution in [2.24, 2.45) is 5.92 Å². The molecule has 3 nitrogen and oxygen atoms in total. The van der Waals surface area contributed by atoms with Gasteiger partial charge in [-0.1, -0.05) is 31.9 Å². The van der Waals surface area contributed by atoms with Gasteiger partial charge < -0.3 is 14.6 Å². The first-order valence-corrected chi connectivity index (χ1v) is 9.70. The molecule has 3 fully saturated rings. The fourth-order valence-electron chi connectivity index (χ4n) is 4.15. The second kappa shape index (κ2) is 4.82. The monoisotopic (exact) mass is 444 g/mol. The second-order valence-corrected chi connectivity index (χ2v) is 10.8. The molecule has 3 rings (SSSR count). The molecular formula is C15H23Br2ClO3. The van der Waals surface area contributed by atoms with Crippen LogP contribution in [-0.2, 0) is 9.47 Å². The van der Waals surface area contributed by atoms with Gasteiger partial charge in [-0.25, -0.2) is 0 Å². The van der Waals surface area contributed by atoms with Gasteiger partial charge in [-0.15, -0.1) is 11.6 Å². The minimum atomic E-state index is -1.25. The van der Waals surface area contributed by atoms with Crippen molar-refractivity contribution in [1.29, 1.82) is 0 Å². The van der Waals surface area contributed by atoms with E-state index in [9.17, 15) is 5.11 Å². The smallest absolute Gasteiger partial charge is 0.196 e. The third-order valence-electron chi connectivity index (χ3n) is 5.68. The lowest BCUT2D eigenvalue weighted by atomic mass is 9.69. The van der Waals surface area contributed by atoms with E-state index in [-0.39, 0.29) is 32.2 Å². The van der Waals surface area contributed by atoms with Gasteiger partial charge in [0, 0.05) is 22.0 Å². The van der Waals surface area contributed by atoms with Crippen molar-refractivity contribution >= 4 is 43.5 Å². The largest absolute Gasteiger partial charge is 0.363 e. The van der Waals surface area contributed by atoms with Gasteiger partial charge in [-0.3, -0.25) is 0 Å². The van der Waals surface area contributed by atoms with Crippen molar-refractivity contribution in [3.8, 4) is 0 Å². The molecule has 0 aromatic heterocycles. The van der Waals surface area contributed by atoms with Crippen LogP contribution in [-0.4, -0.2) is 42.7 Å². The maximum atomic E-state index is 11.1. The van der Waals surface area contributed by atoms with Crippen molar-refractivity contribution in [3.05, 3.63) is 0 Å². The average molecular weight is 447 g/mol. The lowest BCUT2D eigenvalue weighted by Crippen LogP contribution is -2.65. The molecule has 0 aromatic carbocycles. The van der Waals surface area contributed by atoms with Crippen molar-refractivity contribution in [2.75, 3.05) is 0 Å². The number of ether oxygens (including phenoxy) is 2. The van der Waals surface area contributed by atoms with Gasteiger partial charge in [0.25, 0.3) is 0 Å². The lowest BCUT2D eigenvalue weighted by molar-refractivity contribution is -0.325. The zero-order valence-corrected chi connectivity index (χ0v) is 16.8. The first-order chi connectivity index (χ1) is 9.41. The van der Waals surface area contributed by atoms with Gasteiger partial charge in [0.05, 0.1) is 16.6 Å². The van der Waals surface area contributed by atoms with Crippen LogP contribution in [0.4, 0.5) is 0 Å². The zero-order valence-electron chi connectivity index (χ0n) is 12.8. The Bertz CT molecular complexity index is 458. The van der Waals surface area contributed by atoms with Crippen molar-refractivity contribution < 1.29 is 14.6 Å². The molecule has 2 aliphatic heterocycles. The van der Waals surface area contributed by atoms with Gasteiger partial charge in [-0.2, -0.15) is 0 Å². The first-order valence-electron chi connectivity index (χ1n) is 7.49. The third-order valence-corrected chi connectivity index (χ3v) is 9.17. The van der Waals surface area contributed by atoms with Gasteiger partial charge >= 0.3 is 0 Å². The predicted octanol–water partition coefficient (Wildman–Crippen LogP) is 3.97. The second-order valence-electron chi connectivity index (χ2n) is 7.72. The Hall–Kier alpha value is 1.13. The van der Waals surface area contributed by atoms with Crippen LogP contribution < -0.4 is 0 Å². The van der Waals surface area contributed by atoms with Gasteiger partial charge in [0.15, 0.2) is 5.79 Å². The van der Waals surface area contributed by atoms with Crippen molar-refractivity contribution in [2.45, 2.75) is 84.6 Å². The maximum absolute atomic E-state index is 11.1. The Morgan fingerprint density at radius 1 is 1.10 bits per heavy atom. The Kier molecular flexibility index (Phi) is 3.90. The Morgan fingerprint density at radius 3 is 2.33 bits per heavy atom. The van der Waals surface area contributed by atoms with Gasteiger partial charge in [0.1, 0.15) is 5.60 Å². The SMILES string of the molecule is CC1(Cl)CC2OC3(O)CC(Br)C(C)(C)OC3(C)C2CC1Br. The number of aliphatic hydroxyl groups is 1. The van der Waals surface area contributed by atoms with E-state index in [1.165, 1.54) is 0 Å². The average Bonchev–Trinajstić information content (AvgIpc) is 2.48. The summed E-state index contributed by atoms with van der Waals surface area (Å²) in [5.41, 5.74) is -1.05. The highest BCUT2D eigenvalue weighted by Gasteiger charge is 2.70. The predicted molar refractivity (Wildman–Crippen MR) is 90.4 cm³/mol. The summed E-state index contributed by atoms with van der Waals surface area (Å²) in [6.07, 6.45) is 2.01. The van der Waals surface area contributed by atoms with E-state index in [2.05, 4.69) is 45.7 Å². The molecule has 1 N–H and O–H groups in total. The van der Waals surface area contributed by atoms with E-state index < -0.39 is 11.4 Å². The molecule has 3 aliphatic rings. The molecule has 2 saturated heterocycles. The van der Waals surface area contributed by atoms with Crippen LogP contribution in [0.25, 0.3) is 0 Å². The van der Waals surface area contributed by atoms with Crippen LogP contribution >= 0.6 is 43.5 Å². The quantitative estimate of drug-likeness (QED) is 0.573. The number of rotatable bonds is 0.